The van der Waals surface area contributed by atoms with E-state index in [1.165, 1.54) is 22.3 Å². The highest BCUT2D eigenvalue weighted by atomic mass is 32.2. The Hall–Kier alpha value is -2.71. The van der Waals surface area contributed by atoms with E-state index in [4.69, 9.17) is 9.47 Å². The predicted octanol–water partition coefficient (Wildman–Crippen LogP) is 3.48. The number of rotatable bonds is 8. The molecule has 2 aromatic carbocycles. The zero-order valence-corrected chi connectivity index (χ0v) is 27.4. The Morgan fingerprint density at radius 1 is 1.09 bits per heavy atom. The maximum atomic E-state index is 14.1. The lowest BCUT2D eigenvalue weighted by Gasteiger charge is -2.35. The standard InChI is InChI=1S/C30H45N3O8S2/c1-21-10-13-26(14-11-21)43(38,39)32(5)19-29-22(2)18-33(23(3)20-34)30(35)27-17-25(31-42(6,36)37)12-15-28(27)41-24(4)9-7-8-16-40-29/h10-15,17,22-24,29,31,34H,7-9,16,18-20H2,1-6H3/t22-,23+,24-,29-/m0/s1. The zero-order chi connectivity index (χ0) is 31.9. The zero-order valence-electron chi connectivity index (χ0n) is 25.8. The molecule has 0 aliphatic carbocycles. The van der Waals surface area contributed by atoms with Crippen LogP contribution in [-0.2, 0) is 24.8 Å². The van der Waals surface area contributed by atoms with E-state index in [0.29, 0.717) is 18.8 Å². The number of nitrogens with zero attached hydrogens (tertiary/aromatic N) is 2. The first-order valence-corrected chi connectivity index (χ1v) is 17.8. The Morgan fingerprint density at radius 2 is 1.77 bits per heavy atom. The second-order valence-electron chi connectivity index (χ2n) is 11.5. The summed E-state index contributed by atoms with van der Waals surface area (Å²) in [6, 6.07) is 10.6. The van der Waals surface area contributed by atoms with E-state index in [0.717, 1.165) is 24.7 Å². The molecule has 1 amide bonds. The van der Waals surface area contributed by atoms with E-state index in [-0.39, 0.29) is 47.9 Å². The number of hydrogen-bond donors (Lipinski definition) is 2. The van der Waals surface area contributed by atoms with Crippen molar-refractivity contribution in [1.82, 2.24) is 9.21 Å². The summed E-state index contributed by atoms with van der Waals surface area (Å²) in [6.07, 6.45) is 2.42. The number of hydrogen-bond acceptors (Lipinski definition) is 8. The summed E-state index contributed by atoms with van der Waals surface area (Å²) in [7, 11) is -5.88. The van der Waals surface area contributed by atoms with Gasteiger partial charge in [-0.1, -0.05) is 24.6 Å². The van der Waals surface area contributed by atoms with Crippen molar-refractivity contribution in [3.8, 4) is 5.75 Å². The molecule has 4 atom stereocenters. The molecular formula is C30H45N3O8S2. The Morgan fingerprint density at radius 3 is 2.40 bits per heavy atom. The number of amides is 1. The van der Waals surface area contributed by atoms with E-state index in [2.05, 4.69) is 4.72 Å². The molecule has 0 saturated heterocycles. The van der Waals surface area contributed by atoms with Gasteiger partial charge in [0.2, 0.25) is 20.0 Å². The molecule has 43 heavy (non-hydrogen) atoms. The van der Waals surface area contributed by atoms with Gasteiger partial charge in [-0.3, -0.25) is 9.52 Å². The minimum atomic E-state index is -3.79. The molecule has 240 valence electrons. The van der Waals surface area contributed by atoms with Gasteiger partial charge >= 0.3 is 0 Å². The highest BCUT2D eigenvalue weighted by molar-refractivity contribution is 7.92. The van der Waals surface area contributed by atoms with Crippen LogP contribution in [0.1, 0.15) is 56.0 Å². The van der Waals surface area contributed by atoms with E-state index >= 15 is 0 Å². The summed E-state index contributed by atoms with van der Waals surface area (Å²) in [5.74, 6) is -0.477. The van der Waals surface area contributed by atoms with Gasteiger partial charge in [-0.05, 0) is 70.4 Å². The number of ether oxygens (including phenoxy) is 2. The van der Waals surface area contributed by atoms with Gasteiger partial charge in [0, 0.05) is 38.3 Å². The molecule has 0 fully saturated rings. The number of aryl methyl sites for hydroxylation is 1. The molecule has 0 spiro atoms. The molecule has 2 aromatic rings. The maximum Gasteiger partial charge on any atom is 0.258 e. The van der Waals surface area contributed by atoms with Crippen molar-refractivity contribution in [3.63, 3.8) is 0 Å². The minimum absolute atomic E-state index is 0.0610. The Kier molecular flexibility index (Phi) is 12.0. The van der Waals surface area contributed by atoms with Crippen LogP contribution >= 0.6 is 0 Å². The molecular weight excluding hydrogens is 594 g/mol. The van der Waals surface area contributed by atoms with E-state index in [1.54, 1.807) is 43.3 Å². The van der Waals surface area contributed by atoms with Gasteiger partial charge in [0.1, 0.15) is 5.75 Å². The molecule has 2 N–H and O–H groups in total. The Balaban J connectivity index is 1.98. The number of carbonyl (C=O) groups excluding carboxylic acids is 1. The quantitative estimate of drug-likeness (QED) is 0.447. The third-order valence-corrected chi connectivity index (χ3v) is 9.97. The molecule has 0 bridgehead atoms. The van der Waals surface area contributed by atoms with Crippen LogP contribution in [0.4, 0.5) is 5.69 Å². The van der Waals surface area contributed by atoms with E-state index < -0.39 is 38.1 Å². The highest BCUT2D eigenvalue weighted by Crippen LogP contribution is 2.29. The van der Waals surface area contributed by atoms with E-state index in [1.807, 2.05) is 20.8 Å². The van der Waals surface area contributed by atoms with Crippen molar-refractivity contribution >= 4 is 31.6 Å². The first-order chi connectivity index (χ1) is 20.1. The van der Waals surface area contributed by atoms with Crippen molar-refractivity contribution in [1.29, 1.82) is 0 Å². The number of anilines is 1. The molecule has 0 unspecified atom stereocenters. The molecule has 13 heteroatoms. The second-order valence-corrected chi connectivity index (χ2v) is 15.3. The monoisotopic (exact) mass is 639 g/mol. The molecule has 11 nitrogen and oxygen atoms in total. The van der Waals surface area contributed by atoms with E-state index in [9.17, 15) is 26.7 Å². The number of likely N-dealkylation sites (N-methyl/N-ethyl adjacent to an activating group) is 1. The summed E-state index contributed by atoms with van der Waals surface area (Å²) in [5, 5.41) is 10.1. The third kappa shape index (κ3) is 9.64. The molecule has 1 aliphatic heterocycles. The minimum Gasteiger partial charge on any atom is -0.490 e. The first-order valence-electron chi connectivity index (χ1n) is 14.5. The van der Waals surface area contributed by atoms with Crippen LogP contribution < -0.4 is 9.46 Å². The summed E-state index contributed by atoms with van der Waals surface area (Å²) < 4.78 is 66.7. The van der Waals surface area contributed by atoms with Crippen molar-refractivity contribution < 1.29 is 36.2 Å². The fourth-order valence-electron chi connectivity index (χ4n) is 4.90. The number of nitrogens with one attached hydrogen (secondary N) is 1. The second kappa shape index (κ2) is 14.8. The predicted molar refractivity (Wildman–Crippen MR) is 166 cm³/mol. The molecule has 0 saturated carbocycles. The van der Waals surface area contributed by atoms with Gasteiger partial charge in [-0.2, -0.15) is 4.31 Å². The van der Waals surface area contributed by atoms with Crippen LogP contribution in [0.25, 0.3) is 0 Å². The Bertz CT molecular complexity index is 1450. The van der Waals surface area contributed by atoms with Crippen LogP contribution in [0.2, 0.25) is 0 Å². The summed E-state index contributed by atoms with van der Waals surface area (Å²) >= 11 is 0. The lowest BCUT2D eigenvalue weighted by molar-refractivity contribution is -0.00833. The molecule has 1 heterocycles. The number of aliphatic hydroxyl groups is 1. The average molecular weight is 640 g/mol. The van der Waals surface area contributed by atoms with Gasteiger partial charge in [-0.25, -0.2) is 16.8 Å². The van der Waals surface area contributed by atoms with Gasteiger partial charge in [-0.15, -0.1) is 0 Å². The first kappa shape index (κ1) is 34.8. The van der Waals surface area contributed by atoms with Crippen LogP contribution in [0.5, 0.6) is 5.75 Å². The largest absolute Gasteiger partial charge is 0.490 e. The van der Waals surface area contributed by atoms with Crippen LogP contribution in [0, 0.1) is 12.8 Å². The van der Waals surface area contributed by atoms with Crippen molar-refractivity contribution in [2.75, 3.05) is 44.3 Å². The average Bonchev–Trinajstić information content (AvgIpc) is 2.93. The fraction of sp³-hybridized carbons (Fsp3) is 0.567. The van der Waals surface area contributed by atoms with Gasteiger partial charge in [0.05, 0.1) is 41.6 Å². The number of sulfonamides is 2. The number of carbonyl (C=O) groups is 1. The summed E-state index contributed by atoms with van der Waals surface area (Å²) in [4.78, 5) is 15.8. The third-order valence-electron chi connectivity index (χ3n) is 7.52. The van der Waals surface area contributed by atoms with Crippen LogP contribution in [0.15, 0.2) is 47.4 Å². The van der Waals surface area contributed by atoms with Crippen molar-refractivity contribution in [2.24, 2.45) is 5.92 Å². The van der Waals surface area contributed by atoms with Gasteiger partial charge < -0.3 is 19.5 Å². The molecule has 0 aromatic heterocycles. The summed E-state index contributed by atoms with van der Waals surface area (Å²) in [6.45, 7) is 7.66. The van der Waals surface area contributed by atoms with Gasteiger partial charge in [0.25, 0.3) is 5.91 Å². The molecule has 3 rings (SSSR count). The lowest BCUT2D eigenvalue weighted by Crippen LogP contribution is -2.48. The number of fused-ring (bicyclic) bond motifs is 1. The molecule has 0 radical (unpaired) electrons. The normalized spacial score (nSPS) is 21.9. The number of benzene rings is 2. The van der Waals surface area contributed by atoms with Crippen molar-refractivity contribution in [3.05, 3.63) is 53.6 Å². The topological polar surface area (TPSA) is 143 Å². The SMILES string of the molecule is Cc1ccc(S(=O)(=O)N(C)C[C@@H]2OCCCC[C@H](C)Oc3ccc(NS(C)(=O)=O)cc3C(=O)N([C@H](C)CO)C[C@@H]2C)cc1. The lowest BCUT2D eigenvalue weighted by atomic mass is 10.0. The smallest absolute Gasteiger partial charge is 0.258 e. The van der Waals surface area contributed by atoms with Crippen LogP contribution in [-0.4, -0.2) is 94.9 Å². The molecule has 1 aliphatic rings. The van der Waals surface area contributed by atoms with Crippen LogP contribution in [0.3, 0.4) is 0 Å². The van der Waals surface area contributed by atoms with Crippen molar-refractivity contribution in [2.45, 2.75) is 70.1 Å². The van der Waals surface area contributed by atoms with Gasteiger partial charge in [0.15, 0.2) is 0 Å². The highest BCUT2D eigenvalue weighted by Gasteiger charge is 2.32. The maximum absolute atomic E-state index is 14.1. The number of aliphatic hydroxyl groups excluding tert-OH is 1. The Labute approximate surface area is 256 Å². The fourth-order valence-corrected chi connectivity index (χ4v) is 6.64. The summed E-state index contributed by atoms with van der Waals surface area (Å²) in [5.41, 5.74) is 1.32.